The van der Waals surface area contributed by atoms with Crippen LogP contribution in [0.15, 0.2) is 101 Å². The van der Waals surface area contributed by atoms with E-state index in [2.05, 4.69) is 0 Å². The van der Waals surface area contributed by atoms with Crippen molar-refractivity contribution < 1.29 is 16.8 Å². The van der Waals surface area contributed by atoms with Gasteiger partial charge in [-0.15, -0.1) is 0 Å². The van der Waals surface area contributed by atoms with Crippen LogP contribution in [-0.4, -0.2) is 16.8 Å². The van der Waals surface area contributed by atoms with Crippen LogP contribution in [0.1, 0.15) is 51.7 Å². The zero-order valence-corrected chi connectivity index (χ0v) is 20.8. The molecule has 0 amide bonds. The van der Waals surface area contributed by atoms with Crippen molar-refractivity contribution in [1.29, 1.82) is 0 Å². The van der Waals surface area contributed by atoms with Crippen LogP contribution in [0.3, 0.4) is 0 Å². The van der Waals surface area contributed by atoms with Gasteiger partial charge in [0.25, 0.3) is 0 Å². The highest BCUT2D eigenvalue weighted by molar-refractivity contribution is 8.08. The number of rotatable bonds is 5. The van der Waals surface area contributed by atoms with Crippen LogP contribution in [0.2, 0.25) is 0 Å². The molecule has 3 aromatic rings. The Morgan fingerprint density at radius 2 is 0.710 bits per heavy atom. The predicted octanol–water partition coefficient (Wildman–Crippen LogP) is 6.71. The Morgan fingerprint density at radius 3 is 1.00 bits per heavy atom. The minimum atomic E-state index is -4.15. The number of hydrogen-bond acceptors (Lipinski definition) is 4. The third kappa shape index (κ3) is 7.33. The number of benzene rings is 3. The fourth-order valence-corrected chi connectivity index (χ4v) is 7.20. The molecule has 0 saturated heterocycles. The Balaban J connectivity index is 0.00000138. The molecular weight excluding hydrogens is 428 g/mol. The van der Waals surface area contributed by atoms with Crippen LogP contribution in [0.4, 0.5) is 0 Å². The van der Waals surface area contributed by atoms with E-state index in [4.69, 9.17) is 0 Å². The molecule has 31 heavy (non-hydrogen) atoms. The van der Waals surface area contributed by atoms with Gasteiger partial charge in [-0.2, -0.15) is 0 Å². The molecule has 170 valence electrons. The molecule has 0 bridgehead atoms. The quantitative estimate of drug-likeness (QED) is 0.422. The van der Waals surface area contributed by atoms with Gasteiger partial charge in [0.1, 0.15) is 0 Å². The molecule has 6 heteroatoms. The number of sulfone groups is 2. The van der Waals surface area contributed by atoms with Crippen LogP contribution in [0.25, 0.3) is 0 Å². The highest BCUT2D eigenvalue weighted by Gasteiger charge is 2.41. The maximum Gasteiger partial charge on any atom is 0.200 e. The van der Waals surface area contributed by atoms with E-state index < -0.39 is 24.3 Å². The fraction of sp³-hybridized carbons (Fsp3) is 0.280. The highest BCUT2D eigenvalue weighted by atomic mass is 32.3. The summed E-state index contributed by atoms with van der Waals surface area (Å²) in [6.45, 7) is 12.0. The summed E-state index contributed by atoms with van der Waals surface area (Å²) < 4.78 is 51.0. The first-order chi connectivity index (χ1) is 14.9. The molecule has 0 aliphatic carbocycles. The first kappa shape index (κ1) is 28.6. The summed E-state index contributed by atoms with van der Waals surface area (Å²) in [6.07, 6.45) is 0. The Hall–Kier alpha value is -2.44. The molecular formula is C25H34O4S2. The van der Waals surface area contributed by atoms with Gasteiger partial charge in [0.15, 0.2) is 24.3 Å². The predicted molar refractivity (Wildman–Crippen MR) is 130 cm³/mol. The molecule has 0 fully saturated rings. The second-order valence-electron chi connectivity index (χ2n) is 5.46. The van der Waals surface area contributed by atoms with Gasteiger partial charge in [-0.05, 0) is 29.8 Å². The normalized spacial score (nSPS) is 10.4. The van der Waals surface area contributed by atoms with Crippen LogP contribution >= 0.6 is 0 Å². The summed E-state index contributed by atoms with van der Waals surface area (Å²) in [4.78, 5) is -0.0493. The fourth-order valence-electron chi connectivity index (χ4n) is 2.60. The molecule has 0 spiro atoms. The van der Waals surface area contributed by atoms with E-state index in [0.29, 0.717) is 0 Å². The lowest BCUT2D eigenvalue weighted by molar-refractivity contribution is 0.576. The standard InChI is InChI=1S/C19H16O4S2.3C2H6/c20-24(21,17-12-6-2-7-13-17)19(16-10-4-1-5-11-16)25(22,23)18-14-8-3-9-15-18;3*1-2/h1-15,19H;3*1-2H3. The third-order valence-corrected chi connectivity index (χ3v) is 8.83. The van der Waals surface area contributed by atoms with Gasteiger partial charge in [0.05, 0.1) is 9.79 Å². The van der Waals surface area contributed by atoms with Gasteiger partial charge >= 0.3 is 0 Å². The zero-order valence-electron chi connectivity index (χ0n) is 19.2. The minimum absolute atomic E-state index is 0.0247. The van der Waals surface area contributed by atoms with Crippen LogP contribution in [0, 0.1) is 0 Å². The molecule has 0 N–H and O–H groups in total. The lowest BCUT2D eigenvalue weighted by Gasteiger charge is -2.19. The second-order valence-corrected chi connectivity index (χ2v) is 9.82. The molecule has 3 rings (SSSR count). The second kappa shape index (κ2) is 14.5. The first-order valence-electron chi connectivity index (χ1n) is 10.6. The van der Waals surface area contributed by atoms with Gasteiger partial charge < -0.3 is 0 Å². The molecule has 0 aromatic heterocycles. The van der Waals surface area contributed by atoms with Crippen molar-refractivity contribution in [2.45, 2.75) is 55.9 Å². The molecule has 0 unspecified atom stereocenters. The summed E-state index contributed by atoms with van der Waals surface area (Å²) in [5.74, 6) is 0. The Morgan fingerprint density at radius 1 is 0.452 bits per heavy atom. The SMILES string of the molecule is CC.CC.CC.O=S(=O)(c1ccccc1)C(c1ccccc1)S(=O)(=O)c1ccccc1. The van der Waals surface area contributed by atoms with Crippen molar-refractivity contribution in [3.8, 4) is 0 Å². The molecule has 3 aromatic carbocycles. The minimum Gasteiger partial charge on any atom is -0.222 e. The summed E-state index contributed by atoms with van der Waals surface area (Å²) in [5, 5.41) is 0. The Labute approximate surface area is 188 Å². The zero-order chi connectivity index (χ0) is 23.9. The molecule has 4 nitrogen and oxygen atoms in total. The van der Waals surface area contributed by atoms with Crippen molar-refractivity contribution in [3.63, 3.8) is 0 Å². The van der Waals surface area contributed by atoms with E-state index >= 15 is 0 Å². The molecule has 0 saturated carbocycles. The van der Waals surface area contributed by atoms with Gasteiger partial charge in [0.2, 0.25) is 0 Å². The topological polar surface area (TPSA) is 68.3 Å². The Kier molecular flexibility index (Phi) is 13.4. The average molecular weight is 463 g/mol. The van der Waals surface area contributed by atoms with Crippen molar-refractivity contribution in [2.75, 3.05) is 0 Å². The monoisotopic (exact) mass is 462 g/mol. The van der Waals surface area contributed by atoms with Crippen molar-refractivity contribution in [1.82, 2.24) is 0 Å². The van der Waals surface area contributed by atoms with E-state index in [9.17, 15) is 16.8 Å². The van der Waals surface area contributed by atoms with Gasteiger partial charge in [0, 0.05) is 0 Å². The lowest BCUT2D eigenvalue weighted by Crippen LogP contribution is -2.23. The maximum absolute atomic E-state index is 13.2. The van der Waals surface area contributed by atoms with E-state index in [1.54, 1.807) is 54.6 Å². The van der Waals surface area contributed by atoms with E-state index in [1.165, 1.54) is 36.4 Å². The van der Waals surface area contributed by atoms with E-state index in [0.717, 1.165) is 0 Å². The van der Waals surface area contributed by atoms with Gasteiger partial charge in [-0.25, -0.2) is 16.8 Å². The van der Waals surface area contributed by atoms with Crippen molar-refractivity contribution in [3.05, 3.63) is 96.6 Å². The van der Waals surface area contributed by atoms with Crippen LogP contribution < -0.4 is 0 Å². The summed E-state index contributed by atoms with van der Waals surface area (Å²) >= 11 is 0. The molecule has 0 radical (unpaired) electrons. The van der Waals surface area contributed by atoms with Gasteiger partial charge in [-0.3, -0.25) is 0 Å². The van der Waals surface area contributed by atoms with Crippen molar-refractivity contribution in [2.24, 2.45) is 0 Å². The smallest absolute Gasteiger partial charge is 0.200 e. The maximum atomic E-state index is 13.2. The van der Waals surface area contributed by atoms with E-state index in [1.807, 2.05) is 41.5 Å². The largest absolute Gasteiger partial charge is 0.222 e. The highest BCUT2D eigenvalue weighted by Crippen LogP contribution is 2.37. The molecule has 0 aliphatic heterocycles. The summed E-state index contributed by atoms with van der Waals surface area (Å²) in [7, 11) is -8.30. The van der Waals surface area contributed by atoms with Crippen LogP contribution in [-0.2, 0) is 19.7 Å². The summed E-state index contributed by atoms with van der Waals surface area (Å²) in [5.41, 5.74) is 0.218. The molecule has 0 atom stereocenters. The first-order valence-corrected chi connectivity index (χ1v) is 13.7. The Bertz CT molecular complexity index is 977. The third-order valence-electron chi connectivity index (χ3n) is 3.78. The number of hydrogen-bond donors (Lipinski definition) is 0. The van der Waals surface area contributed by atoms with E-state index in [-0.39, 0.29) is 15.4 Å². The summed E-state index contributed by atoms with van der Waals surface area (Å²) in [6, 6.07) is 23.3. The molecule has 0 heterocycles. The van der Waals surface area contributed by atoms with Crippen LogP contribution in [0.5, 0.6) is 0 Å². The van der Waals surface area contributed by atoms with Gasteiger partial charge in [-0.1, -0.05) is 108 Å². The average Bonchev–Trinajstić information content (AvgIpc) is 2.84. The lowest BCUT2D eigenvalue weighted by atomic mass is 10.2. The molecule has 0 aliphatic rings. The van der Waals surface area contributed by atoms with Crippen molar-refractivity contribution >= 4 is 19.7 Å².